The number of aromatic nitrogens is 1. The van der Waals surface area contributed by atoms with Crippen LogP contribution in [0.3, 0.4) is 0 Å². The maximum absolute atomic E-state index is 11.6. The molecule has 0 unspecified atom stereocenters. The number of nitrogens with zero attached hydrogens (tertiary/aromatic N) is 2. The van der Waals surface area contributed by atoms with Crippen LogP contribution in [0.1, 0.15) is 24.2 Å². The molecular weight excluding hydrogens is 256 g/mol. The first kappa shape index (κ1) is 16.2. The molecule has 6 nitrogen and oxygen atoms in total. The Hall–Kier alpha value is -1.82. The number of nitrogens with one attached hydrogen (secondary N) is 1. The molecule has 0 atom stereocenters. The average molecular weight is 280 g/mol. The van der Waals surface area contributed by atoms with E-state index >= 15 is 0 Å². The number of nitrogens with two attached hydrogens (primary N) is 1. The van der Waals surface area contributed by atoms with E-state index in [0.717, 1.165) is 13.1 Å². The summed E-state index contributed by atoms with van der Waals surface area (Å²) in [6.07, 6.45) is 1.47. The number of carbonyl (C=O) groups is 1. The van der Waals surface area contributed by atoms with Gasteiger partial charge >= 0.3 is 5.97 Å². The van der Waals surface area contributed by atoms with E-state index in [1.807, 2.05) is 14.1 Å². The van der Waals surface area contributed by atoms with Gasteiger partial charge in [0.25, 0.3) is 0 Å². The molecule has 0 spiro atoms. The first-order chi connectivity index (χ1) is 9.25. The number of nitrogen functional groups attached to an aromatic ring is 1. The number of hydrogen-bond donors (Lipinski definition) is 2. The Kier molecular flexibility index (Phi) is 5.33. The molecule has 0 saturated carbocycles. The highest BCUT2D eigenvalue weighted by Gasteiger charge is 2.19. The summed E-state index contributed by atoms with van der Waals surface area (Å²) in [4.78, 5) is 17.9. The maximum atomic E-state index is 11.6. The van der Waals surface area contributed by atoms with Gasteiger partial charge in [0.15, 0.2) is 0 Å². The fourth-order valence-electron chi connectivity index (χ4n) is 2.09. The fourth-order valence-corrected chi connectivity index (χ4v) is 2.09. The molecule has 1 heterocycles. The van der Waals surface area contributed by atoms with Crippen LogP contribution in [-0.2, 0) is 4.74 Å². The predicted molar refractivity (Wildman–Crippen MR) is 80.8 cm³/mol. The third kappa shape index (κ3) is 4.70. The number of hydrogen-bond acceptors (Lipinski definition) is 6. The van der Waals surface area contributed by atoms with Crippen LogP contribution in [0.25, 0.3) is 0 Å². The summed E-state index contributed by atoms with van der Waals surface area (Å²) < 4.78 is 4.69. The first-order valence-electron chi connectivity index (χ1n) is 6.47. The molecule has 3 N–H and O–H groups in total. The van der Waals surface area contributed by atoms with E-state index in [0.29, 0.717) is 17.1 Å². The number of methoxy groups -OCH3 is 1. The molecule has 0 aliphatic carbocycles. The lowest BCUT2D eigenvalue weighted by Crippen LogP contribution is -2.34. The van der Waals surface area contributed by atoms with Crippen molar-refractivity contribution in [1.29, 1.82) is 0 Å². The monoisotopic (exact) mass is 280 g/mol. The van der Waals surface area contributed by atoms with Crippen molar-refractivity contribution >= 4 is 17.5 Å². The molecule has 1 aromatic heterocycles. The van der Waals surface area contributed by atoms with Crippen LogP contribution in [0.2, 0.25) is 0 Å². The van der Waals surface area contributed by atoms with Gasteiger partial charge in [-0.05, 0) is 25.6 Å². The minimum Gasteiger partial charge on any atom is -0.465 e. The normalized spacial score (nSPS) is 11.5. The second kappa shape index (κ2) is 6.56. The van der Waals surface area contributed by atoms with E-state index in [1.165, 1.54) is 13.3 Å². The Morgan fingerprint density at radius 2 is 2.15 bits per heavy atom. The van der Waals surface area contributed by atoms with Crippen molar-refractivity contribution in [2.24, 2.45) is 5.41 Å². The number of anilines is 2. The summed E-state index contributed by atoms with van der Waals surface area (Å²) in [5.74, 6) is 0.159. The lowest BCUT2D eigenvalue weighted by atomic mass is 9.93. The topological polar surface area (TPSA) is 80.5 Å². The van der Waals surface area contributed by atoms with E-state index in [9.17, 15) is 4.79 Å². The van der Waals surface area contributed by atoms with Gasteiger partial charge in [0.1, 0.15) is 5.82 Å². The molecular formula is C14H24N4O2. The summed E-state index contributed by atoms with van der Waals surface area (Å²) in [6.45, 7) is 6.01. The van der Waals surface area contributed by atoms with Crippen LogP contribution in [0, 0.1) is 5.41 Å². The van der Waals surface area contributed by atoms with Crippen molar-refractivity contribution in [3.05, 3.63) is 17.8 Å². The molecule has 20 heavy (non-hydrogen) atoms. The Bertz CT molecular complexity index is 472. The van der Waals surface area contributed by atoms with Crippen molar-refractivity contribution in [3.63, 3.8) is 0 Å². The number of esters is 1. The summed E-state index contributed by atoms with van der Waals surface area (Å²) in [6, 6.07) is 1.62. The minimum absolute atomic E-state index is 0.0813. The van der Waals surface area contributed by atoms with Gasteiger partial charge in [0, 0.05) is 13.1 Å². The minimum atomic E-state index is -0.458. The van der Waals surface area contributed by atoms with Gasteiger partial charge in [0.2, 0.25) is 0 Å². The van der Waals surface area contributed by atoms with E-state index in [2.05, 4.69) is 33.8 Å². The molecule has 1 aromatic rings. The zero-order chi connectivity index (χ0) is 15.3. The molecule has 0 radical (unpaired) electrons. The van der Waals surface area contributed by atoms with Gasteiger partial charge in [-0.3, -0.25) is 0 Å². The summed E-state index contributed by atoms with van der Waals surface area (Å²) in [7, 11) is 5.41. The third-order valence-corrected chi connectivity index (χ3v) is 2.83. The van der Waals surface area contributed by atoms with E-state index in [4.69, 9.17) is 5.73 Å². The Balaban J connectivity index is 2.76. The van der Waals surface area contributed by atoms with Crippen LogP contribution in [-0.4, -0.2) is 50.1 Å². The number of ether oxygens (including phenoxy) is 1. The molecule has 1 rings (SSSR count). The Morgan fingerprint density at radius 1 is 1.50 bits per heavy atom. The fraction of sp³-hybridized carbons (Fsp3) is 0.571. The Labute approximate surface area is 120 Å². The van der Waals surface area contributed by atoms with Crippen LogP contribution >= 0.6 is 0 Å². The SMILES string of the molecule is COC(=O)c1cc(NCC(C)(C)CN(C)C)ncc1N. The van der Waals surface area contributed by atoms with Gasteiger partial charge in [-0.25, -0.2) is 9.78 Å². The molecule has 0 bridgehead atoms. The van der Waals surface area contributed by atoms with Crippen molar-refractivity contribution in [2.75, 3.05) is 45.3 Å². The highest BCUT2D eigenvalue weighted by molar-refractivity contribution is 5.95. The molecule has 0 aromatic carbocycles. The number of carbonyl (C=O) groups excluding carboxylic acids is 1. The predicted octanol–water partition coefficient (Wildman–Crippen LogP) is 1.45. The summed E-state index contributed by atoms with van der Waals surface area (Å²) >= 11 is 0. The molecule has 0 aliphatic rings. The first-order valence-corrected chi connectivity index (χ1v) is 6.47. The standard InChI is InChI=1S/C14H24N4O2/c1-14(2,9-18(3)4)8-17-12-6-10(13(19)20-5)11(15)7-16-12/h6-7H,8-9,15H2,1-5H3,(H,16,17). The number of pyridine rings is 1. The van der Waals surface area contributed by atoms with Crippen molar-refractivity contribution in [3.8, 4) is 0 Å². The van der Waals surface area contributed by atoms with Gasteiger partial charge < -0.3 is 20.7 Å². The van der Waals surface area contributed by atoms with Crippen LogP contribution in [0.5, 0.6) is 0 Å². The second-order valence-electron chi connectivity index (χ2n) is 5.90. The van der Waals surface area contributed by atoms with Gasteiger partial charge in [-0.2, -0.15) is 0 Å². The zero-order valence-corrected chi connectivity index (χ0v) is 12.9. The molecule has 0 fully saturated rings. The second-order valence-corrected chi connectivity index (χ2v) is 5.90. The van der Waals surface area contributed by atoms with Gasteiger partial charge in [-0.1, -0.05) is 13.8 Å². The Morgan fingerprint density at radius 3 is 2.70 bits per heavy atom. The van der Waals surface area contributed by atoms with Crippen LogP contribution < -0.4 is 11.1 Å². The highest BCUT2D eigenvalue weighted by Crippen LogP contribution is 2.19. The van der Waals surface area contributed by atoms with Crippen molar-refractivity contribution < 1.29 is 9.53 Å². The van der Waals surface area contributed by atoms with Crippen molar-refractivity contribution in [1.82, 2.24) is 9.88 Å². The molecule has 0 aliphatic heterocycles. The van der Waals surface area contributed by atoms with Gasteiger partial charge in [0.05, 0.1) is 24.6 Å². The lowest BCUT2D eigenvalue weighted by molar-refractivity contribution is 0.0602. The maximum Gasteiger partial charge on any atom is 0.340 e. The summed E-state index contributed by atoms with van der Waals surface area (Å²) in [5.41, 5.74) is 6.44. The third-order valence-electron chi connectivity index (χ3n) is 2.83. The average Bonchev–Trinajstić information content (AvgIpc) is 2.35. The van der Waals surface area contributed by atoms with E-state index in [-0.39, 0.29) is 5.41 Å². The zero-order valence-electron chi connectivity index (χ0n) is 12.9. The molecule has 0 amide bonds. The number of rotatable bonds is 6. The quantitative estimate of drug-likeness (QED) is 0.768. The lowest BCUT2D eigenvalue weighted by Gasteiger charge is -2.28. The smallest absolute Gasteiger partial charge is 0.340 e. The largest absolute Gasteiger partial charge is 0.465 e. The summed E-state index contributed by atoms with van der Waals surface area (Å²) in [5, 5.41) is 3.24. The van der Waals surface area contributed by atoms with E-state index < -0.39 is 5.97 Å². The van der Waals surface area contributed by atoms with Crippen LogP contribution in [0.15, 0.2) is 12.3 Å². The van der Waals surface area contributed by atoms with E-state index in [1.54, 1.807) is 6.07 Å². The van der Waals surface area contributed by atoms with Crippen LogP contribution in [0.4, 0.5) is 11.5 Å². The molecule has 0 saturated heterocycles. The molecule has 6 heteroatoms. The van der Waals surface area contributed by atoms with Crippen molar-refractivity contribution in [2.45, 2.75) is 13.8 Å². The van der Waals surface area contributed by atoms with Gasteiger partial charge in [-0.15, -0.1) is 0 Å². The molecule has 112 valence electrons. The highest BCUT2D eigenvalue weighted by atomic mass is 16.5.